The fourth-order valence-corrected chi connectivity index (χ4v) is 2.45. The molecule has 2 aromatic rings. The Morgan fingerprint density at radius 3 is 2.70 bits per heavy atom. The molecule has 0 aliphatic carbocycles. The van der Waals surface area contributed by atoms with E-state index < -0.39 is 22.4 Å². The summed E-state index contributed by atoms with van der Waals surface area (Å²) in [5, 5.41) is 31.5. The minimum Gasteiger partial charge on any atom is -0.502 e. The number of nitro groups is 1. The molecule has 6 nitrogen and oxygen atoms in total. The maximum absolute atomic E-state index is 10.8. The van der Waals surface area contributed by atoms with Gasteiger partial charge in [0, 0.05) is 16.5 Å². The first-order chi connectivity index (χ1) is 9.04. The molecule has 1 aromatic heterocycles. The Morgan fingerprint density at radius 1 is 1.50 bits per heavy atom. The highest BCUT2D eigenvalue weighted by atomic mass is 35.5. The van der Waals surface area contributed by atoms with Crippen LogP contribution < -0.4 is 5.73 Å². The van der Waals surface area contributed by atoms with E-state index in [-0.39, 0.29) is 23.5 Å². The molecule has 1 heterocycles. The van der Waals surface area contributed by atoms with E-state index in [2.05, 4.69) is 0 Å². The molecule has 0 aliphatic heterocycles. The fourth-order valence-electron chi connectivity index (χ4n) is 1.70. The average molecular weight is 312 g/mol. The van der Waals surface area contributed by atoms with Gasteiger partial charge < -0.3 is 10.8 Å². The second-order valence-electron chi connectivity index (χ2n) is 3.80. The molecule has 0 bridgehead atoms. The van der Waals surface area contributed by atoms with E-state index in [1.54, 1.807) is 12.1 Å². The van der Waals surface area contributed by atoms with Gasteiger partial charge in [-0.2, -0.15) is 5.26 Å². The summed E-state index contributed by atoms with van der Waals surface area (Å²) < 4.78 is 0. The lowest BCUT2D eigenvalue weighted by molar-refractivity contribution is -0.386. The first-order valence-corrected chi connectivity index (χ1v) is 6.13. The molecular weight excluding hydrogens is 302 g/mol. The van der Waals surface area contributed by atoms with Gasteiger partial charge in [0.05, 0.1) is 22.6 Å². The zero-order valence-electron chi connectivity index (χ0n) is 10.0. The van der Waals surface area contributed by atoms with E-state index in [0.29, 0.717) is 0 Å². The smallest absolute Gasteiger partial charge is 0.312 e. The molecule has 0 fully saturated rings. The van der Waals surface area contributed by atoms with E-state index in [9.17, 15) is 15.2 Å². The highest BCUT2D eigenvalue weighted by Gasteiger charge is 2.23. The molecule has 0 radical (unpaired) electrons. The fraction of sp³-hybridized carbons (Fsp3) is 0.0833. The van der Waals surface area contributed by atoms with Crippen LogP contribution in [0.5, 0.6) is 5.75 Å². The second kappa shape index (κ2) is 6.34. The van der Waals surface area contributed by atoms with Gasteiger partial charge in [0.1, 0.15) is 0 Å². The van der Waals surface area contributed by atoms with Crippen LogP contribution in [0.1, 0.15) is 22.0 Å². The number of phenolic OH excluding ortho intramolecular Hbond substituents is 1. The van der Waals surface area contributed by atoms with Gasteiger partial charge in [0.2, 0.25) is 0 Å². The summed E-state index contributed by atoms with van der Waals surface area (Å²) in [6.07, 6.45) is 0. The van der Waals surface area contributed by atoms with E-state index in [1.165, 1.54) is 17.4 Å². The van der Waals surface area contributed by atoms with E-state index in [4.69, 9.17) is 11.0 Å². The molecule has 20 heavy (non-hydrogen) atoms. The standard InChI is InChI=1S/C12H9N3O3S.ClH/c13-6-7-4-8(11(14)10-2-1-3-19-10)12(16)9(5-7)15(17)18;/h1-5,11,16H,14H2;1H/t11-;/m1./s1. The minimum atomic E-state index is -0.735. The van der Waals surface area contributed by atoms with Crippen LogP contribution in [0, 0.1) is 21.4 Å². The first-order valence-electron chi connectivity index (χ1n) is 5.25. The number of phenols is 1. The van der Waals surface area contributed by atoms with Crippen molar-refractivity contribution in [2.75, 3.05) is 0 Å². The number of aromatic hydroxyl groups is 1. The molecule has 0 spiro atoms. The zero-order valence-corrected chi connectivity index (χ0v) is 11.6. The second-order valence-corrected chi connectivity index (χ2v) is 4.77. The van der Waals surface area contributed by atoms with Gasteiger partial charge in [-0.1, -0.05) is 6.07 Å². The van der Waals surface area contributed by atoms with Crippen molar-refractivity contribution < 1.29 is 10.0 Å². The minimum absolute atomic E-state index is 0. The Balaban J connectivity index is 0.00000200. The Kier molecular flexibility index (Phi) is 5.05. The molecule has 0 saturated heterocycles. The number of benzene rings is 1. The van der Waals surface area contributed by atoms with Crippen molar-refractivity contribution in [2.24, 2.45) is 5.73 Å². The van der Waals surface area contributed by atoms with Gasteiger partial charge in [0.25, 0.3) is 0 Å². The van der Waals surface area contributed by atoms with Gasteiger partial charge in [-0.25, -0.2) is 0 Å². The lowest BCUT2D eigenvalue weighted by Gasteiger charge is -2.12. The Labute approximate surface area is 124 Å². The van der Waals surface area contributed by atoms with Crippen LogP contribution in [0.2, 0.25) is 0 Å². The average Bonchev–Trinajstić information content (AvgIpc) is 2.91. The molecule has 0 saturated carbocycles. The number of nitro benzene ring substituents is 1. The summed E-state index contributed by atoms with van der Waals surface area (Å²) >= 11 is 1.37. The van der Waals surface area contributed by atoms with Crippen molar-refractivity contribution in [1.82, 2.24) is 0 Å². The molecule has 8 heteroatoms. The van der Waals surface area contributed by atoms with Crippen LogP contribution >= 0.6 is 23.7 Å². The monoisotopic (exact) mass is 311 g/mol. The first kappa shape index (κ1) is 15.9. The summed E-state index contributed by atoms with van der Waals surface area (Å²) in [6.45, 7) is 0. The zero-order chi connectivity index (χ0) is 14.0. The molecule has 3 N–H and O–H groups in total. The van der Waals surface area contributed by atoms with Crippen LogP contribution in [-0.2, 0) is 0 Å². The van der Waals surface area contributed by atoms with E-state index >= 15 is 0 Å². The number of thiophene rings is 1. The van der Waals surface area contributed by atoms with Crippen molar-refractivity contribution in [2.45, 2.75) is 6.04 Å². The number of nitriles is 1. The molecule has 2 rings (SSSR count). The lowest BCUT2D eigenvalue weighted by atomic mass is 10.0. The SMILES string of the molecule is Cl.N#Cc1cc([C@@H](N)c2cccs2)c(O)c([N+](=O)[O-])c1. The van der Waals surface area contributed by atoms with Crippen LogP contribution in [0.15, 0.2) is 29.6 Å². The summed E-state index contributed by atoms with van der Waals surface area (Å²) in [7, 11) is 0. The third-order valence-electron chi connectivity index (χ3n) is 2.63. The maximum Gasteiger partial charge on any atom is 0.312 e. The third-order valence-corrected chi connectivity index (χ3v) is 3.59. The lowest BCUT2D eigenvalue weighted by Crippen LogP contribution is -2.11. The largest absolute Gasteiger partial charge is 0.502 e. The topological polar surface area (TPSA) is 113 Å². The summed E-state index contributed by atoms with van der Waals surface area (Å²) in [6, 6.07) is 7.07. The highest BCUT2D eigenvalue weighted by molar-refractivity contribution is 7.10. The number of nitrogens with zero attached hydrogens (tertiary/aromatic N) is 2. The summed E-state index contributed by atoms with van der Waals surface area (Å²) in [4.78, 5) is 10.9. The summed E-state index contributed by atoms with van der Waals surface area (Å²) in [5.41, 5.74) is 5.72. The van der Waals surface area contributed by atoms with E-state index in [0.717, 1.165) is 10.9 Å². The Hall–Kier alpha value is -2.14. The van der Waals surface area contributed by atoms with Crippen molar-refractivity contribution in [1.29, 1.82) is 5.26 Å². The van der Waals surface area contributed by atoms with Crippen molar-refractivity contribution in [3.63, 3.8) is 0 Å². The van der Waals surface area contributed by atoms with Crippen LogP contribution in [0.3, 0.4) is 0 Å². The molecule has 104 valence electrons. The van der Waals surface area contributed by atoms with Crippen LogP contribution in [0.4, 0.5) is 5.69 Å². The molecular formula is C12H10ClN3O3S. The number of hydrogen-bond acceptors (Lipinski definition) is 6. The predicted molar refractivity (Wildman–Crippen MR) is 77.1 cm³/mol. The normalized spacial score (nSPS) is 11.2. The van der Waals surface area contributed by atoms with Crippen LogP contribution in [-0.4, -0.2) is 10.0 Å². The number of rotatable bonds is 3. The quantitative estimate of drug-likeness (QED) is 0.668. The van der Waals surface area contributed by atoms with Crippen molar-refractivity contribution >= 4 is 29.4 Å². The van der Waals surface area contributed by atoms with Crippen molar-refractivity contribution in [3.05, 3.63) is 55.8 Å². The van der Waals surface area contributed by atoms with Gasteiger partial charge >= 0.3 is 5.69 Å². The summed E-state index contributed by atoms with van der Waals surface area (Å²) in [5.74, 6) is -0.495. The molecule has 0 aliphatic rings. The van der Waals surface area contributed by atoms with Gasteiger partial charge in [-0.05, 0) is 17.5 Å². The molecule has 1 aromatic carbocycles. The molecule has 0 amide bonds. The Bertz CT molecular complexity index is 667. The maximum atomic E-state index is 10.8. The Morgan fingerprint density at radius 2 is 2.20 bits per heavy atom. The van der Waals surface area contributed by atoms with Crippen molar-refractivity contribution in [3.8, 4) is 11.8 Å². The third kappa shape index (κ3) is 2.88. The molecule has 0 unspecified atom stereocenters. The van der Waals surface area contributed by atoms with Gasteiger partial charge in [-0.15, -0.1) is 23.7 Å². The number of nitrogens with two attached hydrogens (primary N) is 1. The van der Waals surface area contributed by atoms with Crippen LogP contribution in [0.25, 0.3) is 0 Å². The predicted octanol–water partition coefficient (Wildman–Crippen LogP) is 2.70. The highest BCUT2D eigenvalue weighted by Crippen LogP contribution is 2.37. The van der Waals surface area contributed by atoms with Gasteiger partial charge in [0.15, 0.2) is 5.75 Å². The number of hydrogen-bond donors (Lipinski definition) is 2. The molecule has 1 atom stereocenters. The number of halogens is 1. The van der Waals surface area contributed by atoms with Gasteiger partial charge in [-0.3, -0.25) is 10.1 Å². The van der Waals surface area contributed by atoms with E-state index in [1.807, 2.05) is 11.4 Å².